The molecule has 2 amide bonds. The molecule has 0 fully saturated rings. The van der Waals surface area contributed by atoms with E-state index in [1.54, 1.807) is 4.72 Å². The van der Waals surface area contributed by atoms with Crippen molar-refractivity contribution in [1.82, 2.24) is 9.62 Å². The number of hydrogen-bond donors (Lipinski definition) is 2. The second kappa shape index (κ2) is 2.94. The smallest absolute Gasteiger partial charge is 0.283 e. The van der Waals surface area contributed by atoms with Crippen LogP contribution in [-0.2, 0) is 10.2 Å². The van der Waals surface area contributed by atoms with Crippen molar-refractivity contribution in [3.63, 3.8) is 0 Å². The molecule has 0 aliphatic carbocycles. The van der Waals surface area contributed by atoms with Crippen LogP contribution >= 0.6 is 12.6 Å². The highest BCUT2D eigenvalue weighted by molar-refractivity contribution is 7.89. The molecule has 6 nitrogen and oxygen atoms in total. The molecule has 12 heavy (non-hydrogen) atoms. The summed E-state index contributed by atoms with van der Waals surface area (Å²) in [6.45, 7) is 0. The predicted octanol–water partition coefficient (Wildman–Crippen LogP) is -0.785. The van der Waals surface area contributed by atoms with Crippen molar-refractivity contribution in [2.24, 2.45) is 4.40 Å². The number of nitrogens with one attached hydrogen (secondary N) is 1. The Balaban J connectivity index is 3.13. The van der Waals surface area contributed by atoms with Gasteiger partial charge in [0.2, 0.25) is 0 Å². The Labute approximate surface area is 75.2 Å². The number of amidine groups is 1. The monoisotopic (exact) mass is 209 g/mol. The van der Waals surface area contributed by atoms with Crippen molar-refractivity contribution in [3.05, 3.63) is 0 Å². The minimum Gasteiger partial charge on any atom is -0.283 e. The zero-order valence-electron chi connectivity index (χ0n) is 6.18. The molecule has 68 valence electrons. The van der Waals surface area contributed by atoms with Crippen molar-refractivity contribution in [1.29, 1.82) is 0 Å². The number of carbonyl (C=O) groups excluding carboxylic acids is 1. The van der Waals surface area contributed by atoms with Crippen molar-refractivity contribution in [2.45, 2.75) is 0 Å². The van der Waals surface area contributed by atoms with Gasteiger partial charge in [0.05, 0.1) is 0 Å². The second-order valence-corrected chi connectivity index (χ2v) is 3.76. The zero-order valence-corrected chi connectivity index (χ0v) is 7.89. The fourth-order valence-electron chi connectivity index (χ4n) is 0.654. The van der Waals surface area contributed by atoms with Crippen molar-refractivity contribution in [2.75, 3.05) is 12.8 Å². The lowest BCUT2D eigenvalue weighted by atomic mass is 10.6. The van der Waals surface area contributed by atoms with Crippen LogP contribution in [0.1, 0.15) is 0 Å². The Kier molecular flexibility index (Phi) is 2.29. The maximum Gasteiger partial charge on any atom is 0.347 e. The lowest BCUT2D eigenvalue weighted by Gasteiger charge is -2.21. The molecule has 0 aromatic rings. The number of nitrogens with zero attached hydrogens (tertiary/aromatic N) is 2. The van der Waals surface area contributed by atoms with Gasteiger partial charge in [-0.15, -0.1) is 4.40 Å². The maximum absolute atomic E-state index is 10.9. The minimum absolute atomic E-state index is 0.100. The largest absolute Gasteiger partial charge is 0.347 e. The highest BCUT2D eigenvalue weighted by atomic mass is 32.2. The van der Waals surface area contributed by atoms with Gasteiger partial charge < -0.3 is 0 Å². The van der Waals surface area contributed by atoms with Gasteiger partial charge >= 0.3 is 16.2 Å². The fourth-order valence-corrected chi connectivity index (χ4v) is 1.90. The molecule has 1 rings (SSSR count). The summed E-state index contributed by atoms with van der Waals surface area (Å²) in [4.78, 5) is 12.0. The fraction of sp³-hybridized carbons (Fsp3) is 0.500. The highest BCUT2D eigenvalue weighted by Gasteiger charge is 2.26. The van der Waals surface area contributed by atoms with Crippen LogP contribution in [0.5, 0.6) is 0 Å². The quantitative estimate of drug-likeness (QED) is 0.556. The van der Waals surface area contributed by atoms with Gasteiger partial charge in [-0.3, -0.25) is 4.90 Å². The number of urea groups is 1. The van der Waals surface area contributed by atoms with Crippen LogP contribution in [0.4, 0.5) is 4.79 Å². The van der Waals surface area contributed by atoms with Crippen molar-refractivity contribution in [3.8, 4) is 0 Å². The molecule has 0 radical (unpaired) electrons. The number of carbonyl (C=O) groups is 1. The topological polar surface area (TPSA) is 78.8 Å². The zero-order chi connectivity index (χ0) is 9.35. The number of hydrogen-bond acceptors (Lipinski definition) is 4. The van der Waals surface area contributed by atoms with E-state index in [0.717, 1.165) is 4.90 Å². The Bertz CT molecular complexity index is 333. The molecule has 1 N–H and O–H groups in total. The van der Waals surface area contributed by atoms with Gasteiger partial charge in [-0.25, -0.2) is 9.52 Å². The third-order valence-electron chi connectivity index (χ3n) is 1.28. The number of rotatable bonds is 1. The second-order valence-electron chi connectivity index (χ2n) is 2.11. The van der Waals surface area contributed by atoms with E-state index in [9.17, 15) is 13.2 Å². The molecule has 0 aromatic carbocycles. The molecule has 1 aliphatic rings. The molecule has 0 saturated carbocycles. The molecule has 0 saturated heterocycles. The van der Waals surface area contributed by atoms with E-state index in [0.29, 0.717) is 0 Å². The van der Waals surface area contributed by atoms with Gasteiger partial charge in [0.15, 0.2) is 0 Å². The first-order valence-corrected chi connectivity index (χ1v) is 5.03. The molecular formula is C4H7N3O3S2. The predicted molar refractivity (Wildman–Crippen MR) is 46.5 cm³/mol. The summed E-state index contributed by atoms with van der Waals surface area (Å²) >= 11 is 3.82. The van der Waals surface area contributed by atoms with Crippen LogP contribution in [0, 0.1) is 0 Å². The van der Waals surface area contributed by atoms with Crippen LogP contribution in [0.2, 0.25) is 0 Å². The van der Waals surface area contributed by atoms with Crippen LogP contribution < -0.4 is 4.72 Å². The first-order chi connectivity index (χ1) is 5.46. The summed E-state index contributed by atoms with van der Waals surface area (Å²) in [6.07, 6.45) is 0. The summed E-state index contributed by atoms with van der Waals surface area (Å²) in [6, 6.07) is -0.714. The van der Waals surface area contributed by atoms with Gasteiger partial charge in [-0.05, 0) is 0 Å². The summed E-state index contributed by atoms with van der Waals surface area (Å²) in [5, 5.41) is 0. The molecule has 1 aliphatic heterocycles. The maximum atomic E-state index is 10.9. The number of thiol groups is 1. The Morgan fingerprint density at radius 2 is 2.25 bits per heavy atom. The summed E-state index contributed by atoms with van der Waals surface area (Å²) in [5.74, 6) is 0.213. The minimum atomic E-state index is -3.83. The molecule has 1 heterocycles. The highest BCUT2D eigenvalue weighted by Crippen LogP contribution is 2.03. The van der Waals surface area contributed by atoms with E-state index in [-0.39, 0.29) is 11.6 Å². The Morgan fingerprint density at radius 3 is 2.75 bits per heavy atom. The normalized spacial score (nSPS) is 21.7. The van der Waals surface area contributed by atoms with Gasteiger partial charge in [0, 0.05) is 12.8 Å². The average molecular weight is 209 g/mol. The lowest BCUT2D eigenvalue weighted by Crippen LogP contribution is -2.48. The number of amides is 2. The van der Waals surface area contributed by atoms with Gasteiger partial charge in [0.25, 0.3) is 0 Å². The van der Waals surface area contributed by atoms with E-state index in [4.69, 9.17) is 0 Å². The molecule has 0 aromatic heterocycles. The third-order valence-corrected chi connectivity index (χ3v) is 2.44. The van der Waals surface area contributed by atoms with Crippen LogP contribution in [-0.4, -0.2) is 38.0 Å². The average Bonchev–Trinajstić information content (AvgIpc) is 1.96. The first kappa shape index (κ1) is 9.33. The Hall–Kier alpha value is -0.760. The standard InChI is InChI=1S/C4H7N3O3S2/c1-7-3(2-11)5-12(9,10)6-4(7)8/h11H,2H2,1H3,(H,6,8). The van der Waals surface area contributed by atoms with E-state index < -0.39 is 16.2 Å². The van der Waals surface area contributed by atoms with E-state index in [2.05, 4.69) is 17.0 Å². The summed E-state index contributed by atoms with van der Waals surface area (Å²) in [5.41, 5.74) is 0. The van der Waals surface area contributed by atoms with Gasteiger partial charge in [0.1, 0.15) is 5.84 Å². The van der Waals surface area contributed by atoms with Crippen molar-refractivity contribution < 1.29 is 13.2 Å². The molecule has 8 heteroatoms. The van der Waals surface area contributed by atoms with Gasteiger partial charge in [-0.2, -0.15) is 21.0 Å². The SMILES string of the molecule is CN1C(=O)NS(=O)(=O)N=C1CS. The summed E-state index contributed by atoms with van der Waals surface area (Å²) in [7, 11) is -2.41. The first-order valence-electron chi connectivity index (χ1n) is 2.96. The Morgan fingerprint density at radius 1 is 1.67 bits per heavy atom. The third kappa shape index (κ3) is 1.69. The van der Waals surface area contributed by atoms with Crippen LogP contribution in [0.3, 0.4) is 0 Å². The summed E-state index contributed by atoms with van der Waals surface area (Å²) < 4.78 is 26.6. The molecular weight excluding hydrogens is 202 g/mol. The molecule has 0 unspecified atom stereocenters. The van der Waals surface area contributed by atoms with Crippen LogP contribution in [0.15, 0.2) is 4.40 Å². The van der Waals surface area contributed by atoms with E-state index in [1.165, 1.54) is 7.05 Å². The van der Waals surface area contributed by atoms with E-state index >= 15 is 0 Å². The van der Waals surface area contributed by atoms with Gasteiger partial charge in [-0.1, -0.05) is 0 Å². The molecule has 0 bridgehead atoms. The lowest BCUT2D eigenvalue weighted by molar-refractivity contribution is 0.231. The molecule has 0 atom stereocenters. The van der Waals surface area contributed by atoms with E-state index in [1.807, 2.05) is 0 Å². The van der Waals surface area contributed by atoms with Crippen molar-refractivity contribution >= 4 is 34.7 Å². The molecule has 0 spiro atoms. The van der Waals surface area contributed by atoms with Crippen LogP contribution in [0.25, 0.3) is 0 Å².